The third-order valence-electron chi connectivity index (χ3n) is 6.02. The Hall–Kier alpha value is -2.13. The lowest BCUT2D eigenvalue weighted by Crippen LogP contribution is -2.50. The van der Waals surface area contributed by atoms with E-state index in [1.54, 1.807) is 29.8 Å². The number of halogens is 1. The summed E-state index contributed by atoms with van der Waals surface area (Å²) >= 11 is 1.59. The number of aromatic nitrogens is 2. The van der Waals surface area contributed by atoms with E-state index >= 15 is 0 Å². The van der Waals surface area contributed by atoms with Gasteiger partial charge in [0.1, 0.15) is 22.8 Å². The second-order valence-corrected chi connectivity index (χ2v) is 8.80. The highest BCUT2D eigenvalue weighted by Crippen LogP contribution is 2.38. The van der Waals surface area contributed by atoms with Crippen molar-refractivity contribution >= 4 is 27.4 Å². The van der Waals surface area contributed by atoms with Crippen LogP contribution in [0.1, 0.15) is 12.8 Å². The third-order valence-corrected chi connectivity index (χ3v) is 6.90. The van der Waals surface area contributed by atoms with Gasteiger partial charge in [0, 0.05) is 50.3 Å². The molecule has 0 saturated carbocycles. The van der Waals surface area contributed by atoms with Crippen LogP contribution in [0.5, 0.6) is 0 Å². The van der Waals surface area contributed by atoms with E-state index in [4.69, 9.17) is 4.74 Å². The first-order chi connectivity index (χ1) is 14.7. The Kier molecular flexibility index (Phi) is 5.64. The smallest absolute Gasteiger partial charge is 0.141 e. The molecule has 0 radical (unpaired) electrons. The molecule has 30 heavy (non-hydrogen) atoms. The summed E-state index contributed by atoms with van der Waals surface area (Å²) in [6, 6.07) is 6.58. The lowest BCUT2D eigenvalue weighted by molar-refractivity contribution is -0.0190. The molecule has 0 amide bonds. The molecule has 5 rings (SSSR count). The number of fused-ring (bicyclic) bond motifs is 1. The van der Waals surface area contributed by atoms with E-state index in [-0.39, 0.29) is 11.9 Å². The topological polar surface area (TPSA) is 61.7 Å². The molecule has 4 heterocycles. The molecular formula is C22H25FN4O2S. The van der Waals surface area contributed by atoms with Gasteiger partial charge in [-0.3, -0.25) is 4.90 Å². The van der Waals surface area contributed by atoms with Crippen molar-refractivity contribution in [3.8, 4) is 11.1 Å². The maximum Gasteiger partial charge on any atom is 0.141 e. The van der Waals surface area contributed by atoms with Gasteiger partial charge in [-0.05, 0) is 30.5 Å². The number of hydrogen-bond acceptors (Lipinski definition) is 7. The van der Waals surface area contributed by atoms with Gasteiger partial charge in [0.25, 0.3) is 0 Å². The predicted octanol–water partition coefficient (Wildman–Crippen LogP) is 3.16. The summed E-state index contributed by atoms with van der Waals surface area (Å²) in [6.45, 7) is 4.82. The first-order valence-corrected chi connectivity index (χ1v) is 11.3. The van der Waals surface area contributed by atoms with Crippen LogP contribution in [0.15, 0.2) is 36.0 Å². The van der Waals surface area contributed by atoms with E-state index in [2.05, 4.69) is 25.1 Å². The molecule has 1 N–H and O–H groups in total. The van der Waals surface area contributed by atoms with Gasteiger partial charge in [-0.15, -0.1) is 11.3 Å². The van der Waals surface area contributed by atoms with Gasteiger partial charge in [0.2, 0.25) is 0 Å². The van der Waals surface area contributed by atoms with E-state index in [0.717, 1.165) is 72.8 Å². The number of nitrogens with zero attached hydrogens (tertiary/aromatic N) is 4. The second kappa shape index (κ2) is 8.55. The molecular weight excluding hydrogens is 403 g/mol. The number of thiophene rings is 1. The molecule has 6 nitrogen and oxygen atoms in total. The average Bonchev–Trinajstić information content (AvgIpc) is 3.45. The van der Waals surface area contributed by atoms with Crippen LogP contribution in [0.2, 0.25) is 0 Å². The zero-order chi connectivity index (χ0) is 20.5. The van der Waals surface area contributed by atoms with Gasteiger partial charge in [0.05, 0.1) is 17.6 Å². The van der Waals surface area contributed by atoms with E-state index < -0.39 is 6.10 Å². The summed E-state index contributed by atoms with van der Waals surface area (Å²) in [5.41, 5.74) is 2.01. The molecule has 2 atom stereocenters. The van der Waals surface area contributed by atoms with Crippen LogP contribution >= 0.6 is 11.3 Å². The molecule has 3 aromatic rings. The van der Waals surface area contributed by atoms with Gasteiger partial charge >= 0.3 is 0 Å². The quantitative estimate of drug-likeness (QED) is 0.674. The normalized spacial score (nSPS) is 21.4. The molecule has 1 aromatic carbocycles. The van der Waals surface area contributed by atoms with Crippen molar-refractivity contribution in [3.05, 3.63) is 41.8 Å². The molecule has 158 valence electrons. The summed E-state index contributed by atoms with van der Waals surface area (Å²) in [7, 11) is 0. The summed E-state index contributed by atoms with van der Waals surface area (Å²) in [4.78, 5) is 14.6. The minimum atomic E-state index is -0.424. The number of aliphatic hydroxyl groups excluding tert-OH is 1. The van der Waals surface area contributed by atoms with E-state index in [9.17, 15) is 9.50 Å². The molecule has 8 heteroatoms. The van der Waals surface area contributed by atoms with Crippen LogP contribution in [0, 0.1) is 5.82 Å². The highest BCUT2D eigenvalue weighted by Gasteiger charge is 2.28. The number of benzene rings is 1. The summed E-state index contributed by atoms with van der Waals surface area (Å²) in [5.74, 6) is 0.691. The average molecular weight is 429 g/mol. The SMILES string of the molecule is O[C@H](CN1CCN(c2ncnc3scc(-c4ccc(F)cc4)c23)CC1)[C@H]1CCCO1. The number of anilines is 1. The van der Waals surface area contributed by atoms with Gasteiger partial charge in [0.15, 0.2) is 0 Å². The fraction of sp³-hybridized carbons (Fsp3) is 0.455. The van der Waals surface area contributed by atoms with Gasteiger partial charge in [-0.1, -0.05) is 12.1 Å². The number of aliphatic hydroxyl groups is 1. The largest absolute Gasteiger partial charge is 0.389 e. The molecule has 2 saturated heterocycles. The standard InChI is InChI=1S/C22H25FN4O2S/c23-16-5-3-15(4-6-16)17-13-30-22-20(17)21(24-14-25-22)27-9-7-26(8-10-27)12-18(28)19-2-1-11-29-19/h3-6,13-14,18-19,28H,1-2,7-12H2/t18-,19-/m1/s1. The Morgan fingerprint density at radius 2 is 1.97 bits per heavy atom. The number of ether oxygens (including phenoxy) is 1. The number of hydrogen-bond donors (Lipinski definition) is 1. The molecule has 0 bridgehead atoms. The van der Waals surface area contributed by atoms with Crippen LogP contribution in [0.3, 0.4) is 0 Å². The molecule has 0 unspecified atom stereocenters. The van der Waals surface area contributed by atoms with Crippen LogP contribution in [0.4, 0.5) is 10.2 Å². The number of piperazine rings is 1. The molecule has 2 aliphatic rings. The van der Waals surface area contributed by atoms with Crippen molar-refractivity contribution in [2.24, 2.45) is 0 Å². The maximum absolute atomic E-state index is 13.4. The first-order valence-electron chi connectivity index (χ1n) is 10.4. The highest BCUT2D eigenvalue weighted by molar-refractivity contribution is 7.17. The number of β-amino-alcohol motifs (C(OH)–C–C–N with tert-alkyl or cyclic N) is 1. The van der Waals surface area contributed by atoms with Crippen LogP contribution in [-0.4, -0.2) is 71.5 Å². The second-order valence-electron chi connectivity index (χ2n) is 7.94. The van der Waals surface area contributed by atoms with Crippen molar-refractivity contribution in [3.63, 3.8) is 0 Å². The molecule has 2 fully saturated rings. The summed E-state index contributed by atoms with van der Waals surface area (Å²) in [5, 5.41) is 13.6. The molecule has 2 aliphatic heterocycles. The molecule has 2 aromatic heterocycles. The maximum atomic E-state index is 13.4. The Labute approximate surface area is 178 Å². The fourth-order valence-corrected chi connectivity index (χ4v) is 5.28. The van der Waals surface area contributed by atoms with E-state index in [1.807, 2.05) is 0 Å². The predicted molar refractivity (Wildman–Crippen MR) is 116 cm³/mol. The Morgan fingerprint density at radius 1 is 1.17 bits per heavy atom. The van der Waals surface area contributed by atoms with Crippen molar-refractivity contribution in [1.82, 2.24) is 14.9 Å². The van der Waals surface area contributed by atoms with Crippen LogP contribution < -0.4 is 4.90 Å². The lowest BCUT2D eigenvalue weighted by Gasteiger charge is -2.37. The van der Waals surface area contributed by atoms with Crippen LogP contribution in [0.25, 0.3) is 21.3 Å². The minimum absolute atomic E-state index is 0.0198. The zero-order valence-corrected chi connectivity index (χ0v) is 17.5. The van der Waals surface area contributed by atoms with E-state index in [0.29, 0.717) is 6.54 Å². The summed E-state index contributed by atoms with van der Waals surface area (Å²) in [6.07, 6.45) is 3.16. The Bertz CT molecular complexity index is 998. The zero-order valence-electron chi connectivity index (χ0n) is 16.7. The van der Waals surface area contributed by atoms with E-state index in [1.165, 1.54) is 12.1 Å². The van der Waals surface area contributed by atoms with Gasteiger partial charge < -0.3 is 14.7 Å². The van der Waals surface area contributed by atoms with Crippen molar-refractivity contribution in [2.75, 3.05) is 44.2 Å². The minimum Gasteiger partial charge on any atom is -0.389 e. The first kappa shape index (κ1) is 19.8. The van der Waals surface area contributed by atoms with Crippen molar-refractivity contribution in [1.29, 1.82) is 0 Å². The Morgan fingerprint density at radius 3 is 2.70 bits per heavy atom. The molecule has 0 spiro atoms. The third kappa shape index (κ3) is 3.92. The highest BCUT2D eigenvalue weighted by atomic mass is 32.1. The fourth-order valence-electron chi connectivity index (χ4n) is 4.37. The van der Waals surface area contributed by atoms with Crippen molar-refractivity contribution < 1.29 is 14.2 Å². The Balaban J connectivity index is 1.33. The monoisotopic (exact) mass is 428 g/mol. The van der Waals surface area contributed by atoms with Gasteiger partial charge in [-0.25, -0.2) is 14.4 Å². The van der Waals surface area contributed by atoms with Crippen LogP contribution in [-0.2, 0) is 4.74 Å². The lowest BCUT2D eigenvalue weighted by atomic mass is 10.1. The molecule has 0 aliphatic carbocycles. The van der Waals surface area contributed by atoms with Gasteiger partial charge in [-0.2, -0.15) is 0 Å². The number of rotatable bonds is 5. The summed E-state index contributed by atoms with van der Waals surface area (Å²) < 4.78 is 19.0. The van der Waals surface area contributed by atoms with Crippen molar-refractivity contribution in [2.45, 2.75) is 25.0 Å².